The van der Waals surface area contributed by atoms with E-state index in [1.54, 1.807) is 6.92 Å². The number of nitrogens with zero attached hydrogens (tertiary/aromatic N) is 2. The van der Waals surface area contributed by atoms with Gasteiger partial charge in [-0.3, -0.25) is 4.79 Å². The van der Waals surface area contributed by atoms with Crippen LogP contribution in [0.25, 0.3) is 0 Å². The fourth-order valence-corrected chi connectivity index (χ4v) is 5.17. The highest BCUT2D eigenvalue weighted by molar-refractivity contribution is 6.74. The van der Waals surface area contributed by atoms with Gasteiger partial charge in [-0.2, -0.15) is 5.10 Å². The Kier molecular flexibility index (Phi) is 4.76. The first kappa shape index (κ1) is 15.0. The van der Waals surface area contributed by atoms with E-state index in [0.717, 1.165) is 17.8 Å². The molecule has 1 aromatic rings. The van der Waals surface area contributed by atoms with Gasteiger partial charge in [-0.1, -0.05) is 49.8 Å². The first-order valence-electron chi connectivity index (χ1n) is 7.39. The molecule has 2 rings (SSSR count). The first-order valence-corrected chi connectivity index (χ1v) is 10.5. The smallest absolute Gasteiger partial charge is 0.172 e. The highest BCUT2D eigenvalue weighted by Gasteiger charge is 2.32. The third-order valence-corrected chi connectivity index (χ3v) is 7.17. The molecule has 1 aliphatic rings. The van der Waals surface area contributed by atoms with Gasteiger partial charge in [0.15, 0.2) is 8.24 Å². The molecular weight excluding hydrogens is 264 g/mol. The van der Waals surface area contributed by atoms with Gasteiger partial charge in [0.05, 0.1) is 12.1 Å². The maximum atomic E-state index is 11.5. The highest BCUT2D eigenvalue weighted by Crippen LogP contribution is 2.25. The zero-order chi connectivity index (χ0) is 14.6. The summed E-state index contributed by atoms with van der Waals surface area (Å²) in [5.41, 5.74) is 1.98. The van der Waals surface area contributed by atoms with Gasteiger partial charge < -0.3 is 4.67 Å². The van der Waals surface area contributed by atoms with Crippen LogP contribution >= 0.6 is 0 Å². The molecule has 0 N–H and O–H groups in total. The van der Waals surface area contributed by atoms with Crippen LogP contribution in [0.15, 0.2) is 35.4 Å². The molecule has 0 radical (unpaired) electrons. The lowest BCUT2D eigenvalue weighted by Crippen LogP contribution is -2.49. The van der Waals surface area contributed by atoms with E-state index in [0.29, 0.717) is 6.42 Å². The van der Waals surface area contributed by atoms with Crippen LogP contribution in [0.5, 0.6) is 0 Å². The molecule has 3 nitrogen and oxygen atoms in total. The number of hydrazone groups is 1. The van der Waals surface area contributed by atoms with Crippen molar-refractivity contribution in [3.8, 4) is 0 Å². The minimum Gasteiger partial charge on any atom is -0.324 e. The largest absolute Gasteiger partial charge is 0.324 e. The van der Waals surface area contributed by atoms with Crippen molar-refractivity contribution in [1.82, 2.24) is 4.67 Å². The van der Waals surface area contributed by atoms with E-state index in [2.05, 4.69) is 17.8 Å². The molecule has 4 heteroatoms. The third-order valence-electron chi connectivity index (χ3n) is 3.87. The zero-order valence-corrected chi connectivity index (χ0v) is 13.7. The summed E-state index contributed by atoms with van der Waals surface area (Å²) < 4.78 is 2.31. The molecule has 20 heavy (non-hydrogen) atoms. The predicted octanol–water partition coefficient (Wildman–Crippen LogP) is 3.67. The van der Waals surface area contributed by atoms with E-state index >= 15 is 0 Å². The van der Waals surface area contributed by atoms with Crippen LogP contribution in [-0.4, -0.2) is 30.9 Å². The normalized spacial score (nSPS) is 18.9. The second-order valence-corrected chi connectivity index (χ2v) is 10.8. The second kappa shape index (κ2) is 6.35. The lowest BCUT2D eigenvalue weighted by Gasteiger charge is -2.39. The summed E-state index contributed by atoms with van der Waals surface area (Å²) >= 11 is 0. The molecule has 0 aromatic heterocycles. The van der Waals surface area contributed by atoms with E-state index in [9.17, 15) is 4.79 Å². The van der Waals surface area contributed by atoms with Crippen molar-refractivity contribution in [3.05, 3.63) is 35.9 Å². The Bertz CT molecular complexity index is 496. The lowest BCUT2D eigenvalue weighted by atomic mass is 10.1. The Hall–Kier alpha value is -1.42. The van der Waals surface area contributed by atoms with Crippen molar-refractivity contribution >= 4 is 19.7 Å². The third kappa shape index (κ3) is 3.79. The zero-order valence-electron chi connectivity index (χ0n) is 12.7. The fraction of sp³-hybridized carbons (Fsp3) is 0.500. The molecular formula is C16H24N2OSi. The highest BCUT2D eigenvalue weighted by atomic mass is 28.3. The van der Waals surface area contributed by atoms with Gasteiger partial charge in [0.1, 0.15) is 5.78 Å². The minimum absolute atomic E-state index is 0.170. The number of rotatable bonds is 4. The van der Waals surface area contributed by atoms with Crippen LogP contribution in [0.3, 0.4) is 0 Å². The molecule has 1 saturated heterocycles. The van der Waals surface area contributed by atoms with E-state index in [1.165, 1.54) is 18.9 Å². The van der Waals surface area contributed by atoms with E-state index in [1.807, 2.05) is 30.3 Å². The van der Waals surface area contributed by atoms with Gasteiger partial charge in [-0.05, 0) is 25.0 Å². The van der Waals surface area contributed by atoms with Crippen LogP contribution in [0.1, 0.15) is 31.7 Å². The number of hydrogen-bond acceptors (Lipinski definition) is 3. The molecule has 0 bridgehead atoms. The maximum absolute atomic E-state index is 11.5. The summed E-state index contributed by atoms with van der Waals surface area (Å²) in [4.78, 5) is 11.5. The van der Waals surface area contributed by atoms with Crippen LogP contribution in [0.4, 0.5) is 0 Å². The number of ketones is 1. The Morgan fingerprint density at radius 3 is 2.55 bits per heavy atom. The van der Waals surface area contributed by atoms with Gasteiger partial charge in [-0.15, -0.1) is 0 Å². The van der Waals surface area contributed by atoms with Crippen molar-refractivity contribution in [1.29, 1.82) is 0 Å². The summed E-state index contributed by atoms with van der Waals surface area (Å²) in [7, 11) is -1.43. The van der Waals surface area contributed by atoms with Crippen molar-refractivity contribution in [3.63, 3.8) is 0 Å². The van der Waals surface area contributed by atoms with Gasteiger partial charge in [0.25, 0.3) is 0 Å². The molecule has 0 atom stereocenters. The van der Waals surface area contributed by atoms with Gasteiger partial charge >= 0.3 is 0 Å². The SMILES string of the molecule is CC(=O)CC(=NN1CCCC[Si]1(C)C)c1ccccc1. The number of carbonyl (C=O) groups excluding carboxylic acids is 1. The Balaban J connectivity index is 2.30. The van der Waals surface area contributed by atoms with Crippen LogP contribution in [0.2, 0.25) is 19.1 Å². The average Bonchev–Trinajstić information content (AvgIpc) is 2.40. The molecule has 1 aliphatic heterocycles. The Labute approximate surface area is 122 Å². The number of benzene rings is 1. The summed E-state index contributed by atoms with van der Waals surface area (Å²) in [6, 6.07) is 11.4. The van der Waals surface area contributed by atoms with Crippen molar-refractivity contribution < 1.29 is 4.79 Å². The molecule has 0 unspecified atom stereocenters. The Morgan fingerprint density at radius 2 is 1.95 bits per heavy atom. The number of hydrogen-bond donors (Lipinski definition) is 0. The summed E-state index contributed by atoms with van der Waals surface area (Å²) in [6.07, 6.45) is 2.95. The molecule has 1 fully saturated rings. The number of Topliss-reactive ketones (excluding diaryl/α,β-unsaturated/α-hetero) is 1. The second-order valence-electron chi connectivity index (χ2n) is 6.18. The first-order chi connectivity index (χ1) is 9.49. The minimum atomic E-state index is -1.43. The molecule has 0 saturated carbocycles. The summed E-state index contributed by atoms with van der Waals surface area (Å²) in [5.74, 6) is 0.170. The molecule has 0 aliphatic carbocycles. The molecule has 0 amide bonds. The predicted molar refractivity (Wildman–Crippen MR) is 86.5 cm³/mol. The molecule has 108 valence electrons. The monoisotopic (exact) mass is 288 g/mol. The van der Waals surface area contributed by atoms with Gasteiger partial charge in [0.2, 0.25) is 0 Å². The van der Waals surface area contributed by atoms with E-state index in [4.69, 9.17) is 5.10 Å². The summed E-state index contributed by atoms with van der Waals surface area (Å²) in [5, 5.41) is 4.89. The fourth-order valence-electron chi connectivity index (χ4n) is 2.64. The number of carbonyl (C=O) groups is 1. The Morgan fingerprint density at radius 1 is 1.25 bits per heavy atom. The van der Waals surface area contributed by atoms with Gasteiger partial charge in [-0.25, -0.2) is 0 Å². The topological polar surface area (TPSA) is 32.7 Å². The molecule has 1 aromatic carbocycles. The average molecular weight is 288 g/mol. The van der Waals surface area contributed by atoms with E-state index < -0.39 is 8.24 Å². The van der Waals surface area contributed by atoms with Crippen LogP contribution in [0, 0.1) is 0 Å². The van der Waals surface area contributed by atoms with Crippen LogP contribution < -0.4 is 0 Å². The van der Waals surface area contributed by atoms with Gasteiger partial charge in [0, 0.05) is 6.54 Å². The summed E-state index contributed by atoms with van der Waals surface area (Å²) in [6.45, 7) is 7.41. The van der Waals surface area contributed by atoms with Crippen molar-refractivity contribution in [2.24, 2.45) is 5.10 Å². The van der Waals surface area contributed by atoms with Crippen LogP contribution in [-0.2, 0) is 4.79 Å². The lowest BCUT2D eigenvalue weighted by molar-refractivity contribution is -0.115. The standard InChI is InChI=1S/C16H24N2OSi/c1-14(19)13-16(15-9-5-4-6-10-15)17-18-11-7-8-12-20(18,2)3/h4-6,9-10H,7-8,11-13H2,1-3H3. The quantitative estimate of drug-likeness (QED) is 0.625. The van der Waals surface area contributed by atoms with Crippen molar-refractivity contribution in [2.75, 3.05) is 6.54 Å². The van der Waals surface area contributed by atoms with Crippen molar-refractivity contribution in [2.45, 2.75) is 45.3 Å². The molecule has 1 heterocycles. The van der Waals surface area contributed by atoms with E-state index in [-0.39, 0.29) is 5.78 Å². The maximum Gasteiger partial charge on any atom is 0.172 e. The molecule has 0 spiro atoms.